The summed E-state index contributed by atoms with van der Waals surface area (Å²) in [6, 6.07) is 7.81. The molecule has 26 heavy (non-hydrogen) atoms. The number of nitrogens with one attached hydrogen (secondary N) is 1. The maximum absolute atomic E-state index is 12.2. The van der Waals surface area contributed by atoms with Gasteiger partial charge in [-0.05, 0) is 37.6 Å². The molecule has 0 atom stereocenters. The van der Waals surface area contributed by atoms with Crippen LogP contribution in [0.25, 0.3) is 10.6 Å². The van der Waals surface area contributed by atoms with Crippen molar-refractivity contribution in [2.24, 2.45) is 0 Å². The van der Waals surface area contributed by atoms with Crippen molar-refractivity contribution in [1.82, 2.24) is 15.2 Å². The molecule has 3 aromatic rings. The average molecular weight is 389 g/mol. The summed E-state index contributed by atoms with van der Waals surface area (Å²) in [6.07, 6.45) is 2.11. The van der Waals surface area contributed by atoms with E-state index in [4.69, 9.17) is 4.74 Å². The zero-order valence-electron chi connectivity index (χ0n) is 14.7. The fourth-order valence-corrected chi connectivity index (χ4v) is 4.01. The lowest BCUT2D eigenvalue weighted by atomic mass is 10.2. The van der Waals surface area contributed by atoms with Crippen molar-refractivity contribution < 1.29 is 9.53 Å². The van der Waals surface area contributed by atoms with Gasteiger partial charge in [-0.25, -0.2) is 4.98 Å². The van der Waals surface area contributed by atoms with E-state index in [1.54, 1.807) is 0 Å². The first-order chi connectivity index (χ1) is 12.7. The number of anilines is 1. The van der Waals surface area contributed by atoms with Gasteiger partial charge in [-0.1, -0.05) is 18.3 Å². The topological polar surface area (TPSA) is 77.0 Å². The van der Waals surface area contributed by atoms with Gasteiger partial charge in [0.25, 0.3) is 0 Å². The third kappa shape index (κ3) is 4.86. The first-order valence-electron chi connectivity index (χ1n) is 8.47. The largest absolute Gasteiger partial charge is 0.494 e. The fraction of sp³-hybridized carbons (Fsp3) is 0.333. The molecule has 136 valence electrons. The summed E-state index contributed by atoms with van der Waals surface area (Å²) in [5, 5.41) is 15.1. The number of thiazole rings is 1. The summed E-state index contributed by atoms with van der Waals surface area (Å²) in [4.78, 5) is 16.7. The molecule has 6 nitrogen and oxygen atoms in total. The molecule has 1 N–H and O–H groups in total. The Kier molecular flexibility index (Phi) is 6.30. The van der Waals surface area contributed by atoms with E-state index < -0.39 is 0 Å². The summed E-state index contributed by atoms with van der Waals surface area (Å²) in [5.74, 6) is 0.708. The van der Waals surface area contributed by atoms with Crippen molar-refractivity contribution in [2.45, 2.75) is 33.1 Å². The smallest absolute Gasteiger partial charge is 0.232 e. The number of benzene rings is 1. The van der Waals surface area contributed by atoms with Crippen LogP contribution in [0.1, 0.15) is 31.0 Å². The Labute approximate surface area is 160 Å². The van der Waals surface area contributed by atoms with Crippen LogP contribution in [-0.2, 0) is 17.6 Å². The van der Waals surface area contributed by atoms with E-state index in [-0.39, 0.29) is 12.3 Å². The van der Waals surface area contributed by atoms with Crippen LogP contribution in [0.2, 0.25) is 0 Å². The van der Waals surface area contributed by atoms with E-state index >= 15 is 0 Å². The lowest BCUT2D eigenvalue weighted by molar-refractivity contribution is -0.115. The minimum Gasteiger partial charge on any atom is -0.494 e. The van der Waals surface area contributed by atoms with Crippen molar-refractivity contribution in [3.05, 3.63) is 40.3 Å². The molecule has 0 saturated carbocycles. The zero-order valence-corrected chi connectivity index (χ0v) is 16.3. The van der Waals surface area contributed by atoms with Gasteiger partial charge in [0.1, 0.15) is 15.8 Å². The zero-order chi connectivity index (χ0) is 18.4. The lowest BCUT2D eigenvalue weighted by Gasteiger charge is -2.03. The quantitative estimate of drug-likeness (QED) is 0.626. The van der Waals surface area contributed by atoms with E-state index in [0.29, 0.717) is 11.7 Å². The molecule has 0 bridgehead atoms. The second-order valence-electron chi connectivity index (χ2n) is 5.58. The van der Waals surface area contributed by atoms with E-state index in [2.05, 4.69) is 27.4 Å². The number of carbonyl (C=O) groups is 1. The third-order valence-corrected chi connectivity index (χ3v) is 5.32. The Hall–Kier alpha value is -2.32. The summed E-state index contributed by atoms with van der Waals surface area (Å²) in [5.41, 5.74) is 1.76. The second kappa shape index (κ2) is 8.86. The molecule has 1 aromatic carbocycles. The van der Waals surface area contributed by atoms with Crippen LogP contribution in [0.15, 0.2) is 29.6 Å². The molecule has 0 saturated heterocycles. The second-order valence-corrected chi connectivity index (χ2v) is 7.50. The Morgan fingerprint density at radius 2 is 2.00 bits per heavy atom. The first-order valence-corrected chi connectivity index (χ1v) is 10.2. The summed E-state index contributed by atoms with van der Waals surface area (Å²) >= 11 is 2.94. The van der Waals surface area contributed by atoms with Crippen LogP contribution >= 0.6 is 22.7 Å². The normalized spacial score (nSPS) is 10.7. The summed E-state index contributed by atoms with van der Waals surface area (Å²) < 4.78 is 5.45. The van der Waals surface area contributed by atoms with Crippen LogP contribution in [-0.4, -0.2) is 27.7 Å². The molecular formula is C18H20N4O2S2. The maximum atomic E-state index is 12.2. The predicted octanol–water partition coefficient (Wildman–Crippen LogP) is 4.19. The SMILES string of the molecule is CCCc1nnc(NC(=O)Cc2csc(-c3ccc(OCC)cc3)n2)s1. The number of amides is 1. The third-order valence-electron chi connectivity index (χ3n) is 3.48. The molecule has 2 aromatic heterocycles. The highest BCUT2D eigenvalue weighted by atomic mass is 32.1. The van der Waals surface area contributed by atoms with E-state index in [1.165, 1.54) is 22.7 Å². The lowest BCUT2D eigenvalue weighted by Crippen LogP contribution is -2.14. The monoisotopic (exact) mass is 388 g/mol. The number of hydrogen-bond donors (Lipinski definition) is 1. The molecule has 0 unspecified atom stereocenters. The minimum absolute atomic E-state index is 0.132. The maximum Gasteiger partial charge on any atom is 0.232 e. The predicted molar refractivity (Wildman–Crippen MR) is 105 cm³/mol. The molecule has 0 aliphatic rings. The number of aromatic nitrogens is 3. The van der Waals surface area contributed by atoms with Crippen molar-refractivity contribution in [1.29, 1.82) is 0 Å². The van der Waals surface area contributed by atoms with Gasteiger partial charge in [0, 0.05) is 17.4 Å². The Morgan fingerprint density at radius 1 is 1.19 bits per heavy atom. The van der Waals surface area contributed by atoms with E-state index in [9.17, 15) is 4.79 Å². The molecule has 0 fully saturated rings. The molecule has 1 amide bonds. The van der Waals surface area contributed by atoms with Gasteiger partial charge in [0.05, 0.1) is 18.7 Å². The van der Waals surface area contributed by atoms with Crippen molar-refractivity contribution in [2.75, 3.05) is 11.9 Å². The molecule has 0 aliphatic carbocycles. The van der Waals surface area contributed by atoms with Crippen LogP contribution < -0.4 is 10.1 Å². The number of aryl methyl sites for hydroxylation is 1. The molecule has 8 heteroatoms. The van der Waals surface area contributed by atoms with Gasteiger partial charge in [-0.3, -0.25) is 4.79 Å². The molecule has 2 heterocycles. The molecule has 3 rings (SSSR count). The van der Waals surface area contributed by atoms with Crippen molar-refractivity contribution in [3.63, 3.8) is 0 Å². The van der Waals surface area contributed by atoms with E-state index in [0.717, 1.165) is 39.9 Å². The van der Waals surface area contributed by atoms with Crippen LogP contribution in [0.5, 0.6) is 5.75 Å². The molecule has 0 aliphatic heterocycles. The van der Waals surface area contributed by atoms with Gasteiger partial charge in [0.2, 0.25) is 11.0 Å². The van der Waals surface area contributed by atoms with E-state index in [1.807, 2.05) is 36.6 Å². The molecular weight excluding hydrogens is 368 g/mol. The highest BCUT2D eigenvalue weighted by Gasteiger charge is 2.12. The van der Waals surface area contributed by atoms with Gasteiger partial charge in [-0.15, -0.1) is 21.5 Å². The number of rotatable bonds is 8. The van der Waals surface area contributed by atoms with Crippen molar-refractivity contribution >= 4 is 33.7 Å². The highest BCUT2D eigenvalue weighted by Crippen LogP contribution is 2.26. The van der Waals surface area contributed by atoms with Crippen LogP contribution in [0.4, 0.5) is 5.13 Å². The summed E-state index contributed by atoms with van der Waals surface area (Å²) in [7, 11) is 0. The van der Waals surface area contributed by atoms with Gasteiger partial charge in [-0.2, -0.15) is 0 Å². The first kappa shape index (κ1) is 18.5. The Balaban J connectivity index is 1.59. The van der Waals surface area contributed by atoms with Gasteiger partial charge < -0.3 is 10.1 Å². The van der Waals surface area contributed by atoms with Gasteiger partial charge >= 0.3 is 0 Å². The van der Waals surface area contributed by atoms with Crippen LogP contribution in [0, 0.1) is 0 Å². The summed E-state index contributed by atoms with van der Waals surface area (Å²) in [6.45, 7) is 4.69. The number of carbonyl (C=O) groups excluding carboxylic acids is 1. The fourth-order valence-electron chi connectivity index (χ4n) is 2.33. The standard InChI is InChI=1S/C18H20N4O2S2/c1-3-5-16-21-22-18(26-16)20-15(23)10-13-11-25-17(19-13)12-6-8-14(9-7-12)24-4-2/h6-9,11H,3-5,10H2,1-2H3,(H,20,22,23). The molecule has 0 radical (unpaired) electrons. The Morgan fingerprint density at radius 3 is 2.73 bits per heavy atom. The van der Waals surface area contributed by atoms with Crippen LogP contribution in [0.3, 0.4) is 0 Å². The molecule has 0 spiro atoms. The van der Waals surface area contributed by atoms with Gasteiger partial charge in [0.15, 0.2) is 0 Å². The minimum atomic E-state index is -0.132. The Bertz CT molecular complexity index is 858. The number of nitrogens with zero attached hydrogens (tertiary/aromatic N) is 3. The number of hydrogen-bond acceptors (Lipinski definition) is 7. The average Bonchev–Trinajstić information content (AvgIpc) is 3.26. The highest BCUT2D eigenvalue weighted by molar-refractivity contribution is 7.15. The number of ether oxygens (including phenoxy) is 1. The van der Waals surface area contributed by atoms with Crippen molar-refractivity contribution in [3.8, 4) is 16.3 Å².